The molecular formula is C15H21F3N2O. The number of alkyl halides is 3. The lowest BCUT2D eigenvalue weighted by atomic mass is 9.98. The van der Waals surface area contributed by atoms with E-state index >= 15 is 0 Å². The fourth-order valence-electron chi connectivity index (χ4n) is 2.74. The van der Waals surface area contributed by atoms with Crippen LogP contribution in [-0.4, -0.2) is 23.8 Å². The predicted octanol–water partition coefficient (Wildman–Crippen LogP) is 2.91. The number of hydrogen-bond donors (Lipinski definition) is 2. The van der Waals surface area contributed by atoms with Crippen molar-refractivity contribution in [3.8, 4) is 0 Å². The highest BCUT2D eigenvalue weighted by molar-refractivity contribution is 5.52. The van der Waals surface area contributed by atoms with Crippen molar-refractivity contribution in [3.05, 3.63) is 29.3 Å². The summed E-state index contributed by atoms with van der Waals surface area (Å²) >= 11 is 0. The molecule has 3 N–H and O–H groups in total. The number of benzene rings is 1. The third kappa shape index (κ3) is 3.89. The fourth-order valence-corrected chi connectivity index (χ4v) is 2.74. The van der Waals surface area contributed by atoms with Crippen LogP contribution >= 0.6 is 0 Å². The predicted molar refractivity (Wildman–Crippen MR) is 76.0 cm³/mol. The summed E-state index contributed by atoms with van der Waals surface area (Å²) in [6.07, 6.45) is -2.26. The van der Waals surface area contributed by atoms with Gasteiger partial charge < -0.3 is 15.7 Å². The van der Waals surface area contributed by atoms with Crippen LogP contribution in [0.2, 0.25) is 0 Å². The minimum Gasteiger partial charge on any atom is -0.390 e. The monoisotopic (exact) mass is 302 g/mol. The molecule has 1 aliphatic rings. The number of rotatable bonds is 2. The van der Waals surface area contributed by atoms with Gasteiger partial charge in [-0.3, -0.25) is 0 Å². The maximum absolute atomic E-state index is 12.9. The Hall–Kier alpha value is -1.27. The summed E-state index contributed by atoms with van der Waals surface area (Å²) in [6.45, 7) is 3.01. The SMILES string of the molecule is CC1(O)CCCN(c2ccc(C(F)(F)F)c(CN)c2)CC1. The molecule has 1 aliphatic heterocycles. The lowest BCUT2D eigenvalue weighted by molar-refractivity contribution is -0.138. The van der Waals surface area contributed by atoms with Crippen LogP contribution in [0, 0.1) is 0 Å². The number of nitrogens with two attached hydrogens (primary N) is 1. The highest BCUT2D eigenvalue weighted by Crippen LogP contribution is 2.34. The van der Waals surface area contributed by atoms with Crippen LogP contribution < -0.4 is 10.6 Å². The molecule has 0 aromatic heterocycles. The smallest absolute Gasteiger partial charge is 0.390 e. The lowest BCUT2D eigenvalue weighted by Crippen LogP contribution is -2.28. The summed E-state index contributed by atoms with van der Waals surface area (Å²) in [5.41, 5.74) is 4.94. The van der Waals surface area contributed by atoms with Gasteiger partial charge in [-0.1, -0.05) is 0 Å². The third-order valence-electron chi connectivity index (χ3n) is 4.04. The van der Waals surface area contributed by atoms with Crippen molar-refractivity contribution in [2.24, 2.45) is 5.73 Å². The van der Waals surface area contributed by atoms with E-state index in [1.807, 2.05) is 4.90 Å². The van der Waals surface area contributed by atoms with Crippen LogP contribution in [0.5, 0.6) is 0 Å². The van der Waals surface area contributed by atoms with Gasteiger partial charge in [0.05, 0.1) is 11.2 Å². The summed E-state index contributed by atoms with van der Waals surface area (Å²) in [5.74, 6) is 0. The second-order valence-electron chi connectivity index (χ2n) is 5.88. The Morgan fingerprint density at radius 3 is 2.62 bits per heavy atom. The van der Waals surface area contributed by atoms with Gasteiger partial charge in [-0.2, -0.15) is 13.2 Å². The molecule has 0 amide bonds. The molecule has 1 saturated heterocycles. The van der Waals surface area contributed by atoms with E-state index in [0.29, 0.717) is 19.4 Å². The van der Waals surface area contributed by atoms with Gasteiger partial charge in [0, 0.05) is 25.3 Å². The summed E-state index contributed by atoms with van der Waals surface area (Å²) in [6, 6.07) is 4.10. The van der Waals surface area contributed by atoms with Crippen LogP contribution in [0.15, 0.2) is 18.2 Å². The number of halogens is 3. The molecule has 21 heavy (non-hydrogen) atoms. The fraction of sp³-hybridized carbons (Fsp3) is 0.600. The van der Waals surface area contributed by atoms with Gasteiger partial charge in [0.15, 0.2) is 0 Å². The van der Waals surface area contributed by atoms with Crippen LogP contribution in [0.3, 0.4) is 0 Å². The highest BCUT2D eigenvalue weighted by atomic mass is 19.4. The van der Waals surface area contributed by atoms with Gasteiger partial charge in [-0.15, -0.1) is 0 Å². The Labute approximate surface area is 122 Å². The van der Waals surface area contributed by atoms with E-state index in [-0.39, 0.29) is 12.1 Å². The van der Waals surface area contributed by atoms with Crippen molar-refractivity contribution in [3.63, 3.8) is 0 Å². The third-order valence-corrected chi connectivity index (χ3v) is 4.04. The van der Waals surface area contributed by atoms with Crippen LogP contribution in [-0.2, 0) is 12.7 Å². The first-order valence-electron chi connectivity index (χ1n) is 7.10. The molecule has 1 aromatic carbocycles. The lowest BCUT2D eigenvalue weighted by Gasteiger charge is -2.25. The van der Waals surface area contributed by atoms with Crippen molar-refractivity contribution < 1.29 is 18.3 Å². The Morgan fingerprint density at radius 2 is 2.00 bits per heavy atom. The van der Waals surface area contributed by atoms with E-state index < -0.39 is 17.3 Å². The second kappa shape index (κ2) is 5.85. The number of anilines is 1. The van der Waals surface area contributed by atoms with Gasteiger partial charge in [-0.05, 0) is 49.9 Å². The van der Waals surface area contributed by atoms with Crippen molar-refractivity contribution in [1.82, 2.24) is 0 Å². The molecule has 0 aliphatic carbocycles. The first-order valence-corrected chi connectivity index (χ1v) is 7.10. The van der Waals surface area contributed by atoms with Crippen LogP contribution in [0.4, 0.5) is 18.9 Å². The Kier molecular flexibility index (Phi) is 4.49. The van der Waals surface area contributed by atoms with E-state index in [0.717, 1.165) is 24.7 Å². The molecule has 0 spiro atoms. The molecule has 3 nitrogen and oxygen atoms in total. The number of hydrogen-bond acceptors (Lipinski definition) is 3. The molecule has 1 aromatic rings. The zero-order chi connectivity index (χ0) is 15.7. The van der Waals surface area contributed by atoms with Gasteiger partial charge >= 0.3 is 6.18 Å². The topological polar surface area (TPSA) is 49.5 Å². The summed E-state index contributed by atoms with van der Waals surface area (Å²) in [7, 11) is 0. The maximum Gasteiger partial charge on any atom is 0.416 e. The van der Waals surface area contributed by atoms with Gasteiger partial charge in [0.2, 0.25) is 0 Å². The molecule has 0 radical (unpaired) electrons. The standard InChI is InChI=1S/C15H21F3N2O/c1-14(21)5-2-7-20(8-6-14)12-3-4-13(15(16,17)18)11(9-12)10-19/h3-4,9,21H,2,5-8,10,19H2,1H3. The van der Waals surface area contributed by atoms with E-state index in [1.165, 1.54) is 12.1 Å². The molecule has 1 atom stereocenters. The summed E-state index contributed by atoms with van der Waals surface area (Å²) < 4.78 is 38.6. The number of aliphatic hydroxyl groups is 1. The Morgan fingerprint density at radius 1 is 1.29 bits per heavy atom. The maximum atomic E-state index is 12.9. The minimum absolute atomic E-state index is 0.107. The van der Waals surface area contributed by atoms with Gasteiger partial charge in [-0.25, -0.2) is 0 Å². The van der Waals surface area contributed by atoms with Crippen LogP contribution in [0.25, 0.3) is 0 Å². The normalized spacial score (nSPS) is 24.0. The zero-order valence-corrected chi connectivity index (χ0v) is 12.1. The molecule has 1 fully saturated rings. The Bertz CT molecular complexity index is 500. The zero-order valence-electron chi connectivity index (χ0n) is 12.1. The molecule has 1 unspecified atom stereocenters. The second-order valence-corrected chi connectivity index (χ2v) is 5.88. The van der Waals surface area contributed by atoms with Crippen molar-refractivity contribution in [1.29, 1.82) is 0 Å². The van der Waals surface area contributed by atoms with Crippen LogP contribution in [0.1, 0.15) is 37.3 Å². The van der Waals surface area contributed by atoms with Crippen molar-refractivity contribution in [2.45, 2.75) is 44.5 Å². The molecule has 6 heteroatoms. The molecule has 118 valence electrons. The first-order chi connectivity index (χ1) is 9.73. The first kappa shape index (κ1) is 16.1. The quantitative estimate of drug-likeness (QED) is 0.883. The van der Waals surface area contributed by atoms with E-state index in [2.05, 4.69) is 0 Å². The van der Waals surface area contributed by atoms with Gasteiger partial charge in [0.1, 0.15) is 0 Å². The van der Waals surface area contributed by atoms with Crippen molar-refractivity contribution >= 4 is 5.69 Å². The molecule has 0 bridgehead atoms. The molecule has 1 heterocycles. The summed E-state index contributed by atoms with van der Waals surface area (Å²) in [5, 5.41) is 10.1. The molecule has 2 rings (SSSR count). The Balaban J connectivity index is 2.25. The van der Waals surface area contributed by atoms with E-state index in [4.69, 9.17) is 5.73 Å². The molecule has 0 saturated carbocycles. The summed E-state index contributed by atoms with van der Waals surface area (Å²) in [4.78, 5) is 2.01. The highest BCUT2D eigenvalue weighted by Gasteiger charge is 2.33. The molecular weight excluding hydrogens is 281 g/mol. The van der Waals surface area contributed by atoms with E-state index in [9.17, 15) is 18.3 Å². The largest absolute Gasteiger partial charge is 0.416 e. The van der Waals surface area contributed by atoms with E-state index in [1.54, 1.807) is 6.92 Å². The average Bonchev–Trinajstić information content (AvgIpc) is 2.58. The minimum atomic E-state index is -4.38. The van der Waals surface area contributed by atoms with Gasteiger partial charge in [0.25, 0.3) is 0 Å². The average molecular weight is 302 g/mol. The van der Waals surface area contributed by atoms with Crippen molar-refractivity contribution in [2.75, 3.05) is 18.0 Å². The number of nitrogens with zero attached hydrogens (tertiary/aromatic N) is 1.